The van der Waals surface area contributed by atoms with Crippen LogP contribution in [0.1, 0.15) is 11.7 Å². The third-order valence-corrected chi connectivity index (χ3v) is 3.25. The third-order valence-electron chi connectivity index (χ3n) is 3.01. The van der Waals surface area contributed by atoms with Crippen molar-refractivity contribution in [3.8, 4) is 5.75 Å². The SMILES string of the molecule is Fc1cccc(F)c1C1CNc2cc(Cl)ccc2O1. The zero-order valence-electron chi connectivity index (χ0n) is 9.79. The molecule has 0 fully saturated rings. The number of benzene rings is 2. The Kier molecular flexibility index (Phi) is 3.03. The van der Waals surface area contributed by atoms with Crippen LogP contribution in [0.4, 0.5) is 14.5 Å². The van der Waals surface area contributed by atoms with Crippen LogP contribution >= 0.6 is 11.6 Å². The van der Waals surface area contributed by atoms with E-state index in [-0.39, 0.29) is 12.1 Å². The highest BCUT2D eigenvalue weighted by atomic mass is 35.5. The standard InChI is InChI=1S/C14H10ClF2NO/c15-8-4-5-12-11(6-8)18-7-13(19-12)14-9(16)2-1-3-10(14)17/h1-6,13,18H,7H2. The number of rotatable bonds is 1. The van der Waals surface area contributed by atoms with Crippen LogP contribution in [-0.4, -0.2) is 6.54 Å². The van der Waals surface area contributed by atoms with Crippen molar-refractivity contribution in [3.05, 3.63) is 58.6 Å². The Morgan fingerprint density at radius 3 is 2.63 bits per heavy atom. The molecule has 0 radical (unpaired) electrons. The molecule has 0 spiro atoms. The van der Waals surface area contributed by atoms with Crippen LogP contribution in [0.2, 0.25) is 5.02 Å². The number of halogens is 3. The number of nitrogens with one attached hydrogen (secondary N) is 1. The van der Waals surface area contributed by atoms with Crippen LogP contribution in [0.25, 0.3) is 0 Å². The van der Waals surface area contributed by atoms with Gasteiger partial charge in [-0.2, -0.15) is 0 Å². The van der Waals surface area contributed by atoms with Crippen molar-refractivity contribution < 1.29 is 13.5 Å². The Bertz CT molecular complexity index is 613. The first kappa shape index (κ1) is 12.2. The summed E-state index contributed by atoms with van der Waals surface area (Å²) < 4.78 is 33.0. The fourth-order valence-corrected chi connectivity index (χ4v) is 2.29. The first-order valence-corrected chi connectivity index (χ1v) is 6.17. The lowest BCUT2D eigenvalue weighted by molar-refractivity contribution is 0.200. The van der Waals surface area contributed by atoms with Gasteiger partial charge in [0.05, 0.1) is 17.8 Å². The van der Waals surface area contributed by atoms with Crippen LogP contribution in [0.15, 0.2) is 36.4 Å². The maximum Gasteiger partial charge on any atom is 0.147 e. The predicted molar refractivity (Wildman–Crippen MR) is 69.7 cm³/mol. The molecular weight excluding hydrogens is 272 g/mol. The zero-order chi connectivity index (χ0) is 13.4. The summed E-state index contributed by atoms with van der Waals surface area (Å²) in [5, 5.41) is 3.64. The molecule has 0 bridgehead atoms. The largest absolute Gasteiger partial charge is 0.481 e. The summed E-state index contributed by atoms with van der Waals surface area (Å²) >= 11 is 5.86. The van der Waals surface area contributed by atoms with Gasteiger partial charge < -0.3 is 10.1 Å². The van der Waals surface area contributed by atoms with Crippen LogP contribution in [0.3, 0.4) is 0 Å². The molecule has 2 aromatic carbocycles. The molecule has 0 aliphatic carbocycles. The molecule has 1 N–H and O–H groups in total. The molecule has 0 amide bonds. The van der Waals surface area contributed by atoms with Gasteiger partial charge in [-0.25, -0.2) is 8.78 Å². The molecule has 19 heavy (non-hydrogen) atoms. The quantitative estimate of drug-likeness (QED) is 0.847. The van der Waals surface area contributed by atoms with Gasteiger partial charge in [-0.1, -0.05) is 17.7 Å². The van der Waals surface area contributed by atoms with Gasteiger partial charge in [0.1, 0.15) is 23.5 Å². The van der Waals surface area contributed by atoms with Crippen molar-refractivity contribution >= 4 is 17.3 Å². The lowest BCUT2D eigenvalue weighted by atomic mass is 10.1. The topological polar surface area (TPSA) is 21.3 Å². The van der Waals surface area contributed by atoms with Gasteiger partial charge in [0, 0.05) is 5.02 Å². The van der Waals surface area contributed by atoms with E-state index in [1.807, 2.05) is 0 Å². The molecule has 1 atom stereocenters. The molecule has 98 valence electrons. The summed E-state index contributed by atoms with van der Waals surface area (Å²) in [6.45, 7) is 0.283. The number of anilines is 1. The average molecular weight is 282 g/mol. The van der Waals surface area contributed by atoms with Crippen molar-refractivity contribution in [3.63, 3.8) is 0 Å². The Balaban J connectivity index is 1.96. The summed E-state index contributed by atoms with van der Waals surface area (Å²) in [7, 11) is 0. The zero-order valence-corrected chi connectivity index (χ0v) is 10.5. The summed E-state index contributed by atoms with van der Waals surface area (Å²) in [5.74, 6) is -0.684. The van der Waals surface area contributed by atoms with Crippen molar-refractivity contribution in [2.75, 3.05) is 11.9 Å². The smallest absolute Gasteiger partial charge is 0.147 e. The minimum Gasteiger partial charge on any atom is -0.481 e. The monoisotopic (exact) mass is 281 g/mol. The van der Waals surface area contributed by atoms with E-state index >= 15 is 0 Å². The van der Waals surface area contributed by atoms with E-state index in [1.54, 1.807) is 18.2 Å². The van der Waals surface area contributed by atoms with E-state index in [0.717, 1.165) is 5.69 Å². The molecule has 5 heteroatoms. The van der Waals surface area contributed by atoms with Gasteiger partial charge in [0.2, 0.25) is 0 Å². The number of ether oxygens (including phenoxy) is 1. The van der Waals surface area contributed by atoms with E-state index in [9.17, 15) is 8.78 Å². The molecule has 0 saturated carbocycles. The van der Waals surface area contributed by atoms with Crippen LogP contribution in [0, 0.1) is 11.6 Å². The Morgan fingerprint density at radius 2 is 1.89 bits per heavy atom. The highest BCUT2D eigenvalue weighted by Crippen LogP contribution is 2.37. The fourth-order valence-electron chi connectivity index (χ4n) is 2.12. The minimum atomic E-state index is -0.699. The molecule has 1 aliphatic heterocycles. The van der Waals surface area contributed by atoms with E-state index < -0.39 is 17.7 Å². The number of hydrogen-bond donors (Lipinski definition) is 1. The summed E-state index contributed by atoms with van der Waals surface area (Å²) in [6, 6.07) is 8.83. The second-order valence-electron chi connectivity index (χ2n) is 4.26. The average Bonchev–Trinajstić information content (AvgIpc) is 2.38. The third kappa shape index (κ3) is 2.24. The summed E-state index contributed by atoms with van der Waals surface area (Å²) in [5.41, 5.74) is 0.663. The first-order valence-electron chi connectivity index (χ1n) is 5.79. The van der Waals surface area contributed by atoms with Gasteiger partial charge >= 0.3 is 0 Å². The molecule has 1 heterocycles. The molecule has 1 aliphatic rings. The molecule has 0 aromatic heterocycles. The number of fused-ring (bicyclic) bond motifs is 1. The van der Waals surface area contributed by atoms with Crippen molar-refractivity contribution in [1.29, 1.82) is 0 Å². The van der Waals surface area contributed by atoms with Crippen LogP contribution < -0.4 is 10.1 Å². The summed E-state index contributed by atoms with van der Waals surface area (Å²) in [4.78, 5) is 0. The Morgan fingerprint density at radius 1 is 1.16 bits per heavy atom. The van der Waals surface area contributed by atoms with Gasteiger partial charge in [-0.15, -0.1) is 0 Å². The van der Waals surface area contributed by atoms with Crippen molar-refractivity contribution in [2.45, 2.75) is 6.10 Å². The molecule has 3 rings (SSSR count). The fraction of sp³-hybridized carbons (Fsp3) is 0.143. The lowest BCUT2D eigenvalue weighted by Crippen LogP contribution is -2.25. The lowest BCUT2D eigenvalue weighted by Gasteiger charge is -2.28. The van der Waals surface area contributed by atoms with Gasteiger partial charge in [-0.3, -0.25) is 0 Å². The minimum absolute atomic E-state index is 0.0596. The second kappa shape index (κ2) is 4.70. The van der Waals surface area contributed by atoms with Crippen LogP contribution in [-0.2, 0) is 0 Å². The van der Waals surface area contributed by atoms with E-state index in [0.29, 0.717) is 10.8 Å². The Labute approximate surface area is 114 Å². The van der Waals surface area contributed by atoms with Crippen molar-refractivity contribution in [1.82, 2.24) is 0 Å². The second-order valence-corrected chi connectivity index (χ2v) is 4.70. The highest BCUT2D eigenvalue weighted by molar-refractivity contribution is 6.30. The van der Waals surface area contributed by atoms with Gasteiger partial charge in [0.15, 0.2) is 0 Å². The number of hydrogen-bond acceptors (Lipinski definition) is 2. The maximum atomic E-state index is 13.7. The van der Waals surface area contributed by atoms with Crippen molar-refractivity contribution in [2.24, 2.45) is 0 Å². The Hall–Kier alpha value is -1.81. The molecule has 0 saturated heterocycles. The first-order chi connectivity index (χ1) is 9.15. The van der Waals surface area contributed by atoms with E-state index in [4.69, 9.17) is 16.3 Å². The predicted octanol–water partition coefficient (Wildman–Crippen LogP) is 4.16. The van der Waals surface area contributed by atoms with E-state index in [1.165, 1.54) is 18.2 Å². The van der Waals surface area contributed by atoms with Gasteiger partial charge in [0.25, 0.3) is 0 Å². The van der Waals surface area contributed by atoms with Crippen LogP contribution in [0.5, 0.6) is 5.75 Å². The molecule has 2 aromatic rings. The summed E-state index contributed by atoms with van der Waals surface area (Å²) in [6.07, 6.45) is -0.699. The van der Waals surface area contributed by atoms with E-state index in [2.05, 4.69) is 5.32 Å². The highest BCUT2D eigenvalue weighted by Gasteiger charge is 2.26. The van der Waals surface area contributed by atoms with Gasteiger partial charge in [-0.05, 0) is 30.3 Å². The molecule has 2 nitrogen and oxygen atoms in total. The molecule has 1 unspecified atom stereocenters. The molecular formula is C14H10ClF2NO. The maximum absolute atomic E-state index is 13.7. The normalized spacial score (nSPS) is 17.3.